The van der Waals surface area contributed by atoms with Gasteiger partial charge in [-0.05, 0) is 24.6 Å². The maximum Gasteiger partial charge on any atom is 0.398 e. The van der Waals surface area contributed by atoms with Gasteiger partial charge in [0.2, 0.25) is 0 Å². The minimum Gasteiger partial charge on any atom is -0.206 e. The second-order valence-electron chi connectivity index (χ2n) is 2.73. The Hall–Kier alpha value is -0.710. The standard InChI is InChI=1S/C9H7F4S/c1-6-4-7(10)2-3-8(6)14-5-9(11,12)13/h3-4H,5H2,1H3. The topological polar surface area (TPSA) is 0 Å². The van der Waals surface area contributed by atoms with Crippen LogP contribution in [0.25, 0.3) is 0 Å². The number of rotatable bonds is 2. The number of aryl methyl sites for hydroxylation is 1. The summed E-state index contributed by atoms with van der Waals surface area (Å²) in [6.07, 6.45) is -4.20. The molecular formula is C9H7F4S. The Bertz CT molecular complexity index is 319. The summed E-state index contributed by atoms with van der Waals surface area (Å²) in [5.41, 5.74) is 0.496. The normalized spacial score (nSPS) is 11.8. The predicted molar refractivity (Wildman–Crippen MR) is 46.8 cm³/mol. The van der Waals surface area contributed by atoms with E-state index in [4.69, 9.17) is 0 Å². The Labute approximate surface area is 83.3 Å². The zero-order valence-electron chi connectivity index (χ0n) is 7.28. The highest BCUT2D eigenvalue weighted by Gasteiger charge is 2.27. The van der Waals surface area contributed by atoms with Crippen LogP contribution in [-0.4, -0.2) is 11.9 Å². The third-order valence-corrected chi connectivity index (χ3v) is 2.69. The molecule has 0 aliphatic carbocycles. The fourth-order valence-corrected chi connectivity index (χ4v) is 1.61. The van der Waals surface area contributed by atoms with Gasteiger partial charge in [0.05, 0.1) is 5.75 Å². The molecule has 5 heteroatoms. The van der Waals surface area contributed by atoms with Crippen molar-refractivity contribution in [3.8, 4) is 0 Å². The van der Waals surface area contributed by atoms with E-state index < -0.39 is 17.7 Å². The quantitative estimate of drug-likeness (QED) is 0.545. The molecule has 0 spiro atoms. The highest BCUT2D eigenvalue weighted by atomic mass is 32.2. The van der Waals surface area contributed by atoms with E-state index in [2.05, 4.69) is 6.07 Å². The molecule has 0 atom stereocenters. The van der Waals surface area contributed by atoms with Crippen LogP contribution in [0.15, 0.2) is 17.0 Å². The maximum atomic E-state index is 12.5. The largest absolute Gasteiger partial charge is 0.398 e. The average molecular weight is 223 g/mol. The van der Waals surface area contributed by atoms with E-state index in [0.29, 0.717) is 22.2 Å². The first-order chi connectivity index (χ1) is 6.38. The van der Waals surface area contributed by atoms with E-state index in [1.807, 2.05) is 0 Å². The highest BCUT2D eigenvalue weighted by Crippen LogP contribution is 2.29. The van der Waals surface area contributed by atoms with Crippen molar-refractivity contribution in [2.45, 2.75) is 18.0 Å². The lowest BCUT2D eigenvalue weighted by Gasteiger charge is -2.07. The van der Waals surface area contributed by atoms with Crippen LogP contribution in [0.4, 0.5) is 17.6 Å². The molecule has 0 nitrogen and oxygen atoms in total. The van der Waals surface area contributed by atoms with E-state index in [0.717, 1.165) is 0 Å². The lowest BCUT2D eigenvalue weighted by molar-refractivity contribution is -0.105. The third kappa shape index (κ3) is 3.57. The smallest absolute Gasteiger partial charge is 0.206 e. The third-order valence-electron chi connectivity index (χ3n) is 1.46. The molecule has 1 rings (SSSR count). The van der Waals surface area contributed by atoms with Crippen molar-refractivity contribution in [1.29, 1.82) is 0 Å². The molecule has 77 valence electrons. The molecule has 0 heterocycles. The summed E-state index contributed by atoms with van der Waals surface area (Å²) in [6.45, 7) is 1.57. The molecule has 0 saturated heterocycles. The summed E-state index contributed by atoms with van der Waals surface area (Å²) < 4.78 is 48.1. The van der Waals surface area contributed by atoms with Crippen LogP contribution >= 0.6 is 11.8 Å². The average Bonchev–Trinajstić information content (AvgIpc) is 2.00. The summed E-state index contributed by atoms with van der Waals surface area (Å²) >= 11 is 0.640. The molecule has 1 aromatic carbocycles. The zero-order valence-corrected chi connectivity index (χ0v) is 8.10. The lowest BCUT2D eigenvalue weighted by Crippen LogP contribution is -2.10. The van der Waals surface area contributed by atoms with Crippen LogP contribution in [0.1, 0.15) is 5.56 Å². The molecule has 0 N–H and O–H groups in total. The number of hydrogen-bond acceptors (Lipinski definition) is 1. The number of hydrogen-bond donors (Lipinski definition) is 0. The molecule has 0 amide bonds. The molecule has 0 aliphatic rings. The maximum absolute atomic E-state index is 12.5. The van der Waals surface area contributed by atoms with Gasteiger partial charge in [-0.1, -0.05) is 0 Å². The molecular weight excluding hydrogens is 216 g/mol. The first kappa shape index (κ1) is 11.4. The Morgan fingerprint density at radius 3 is 2.57 bits per heavy atom. The van der Waals surface area contributed by atoms with E-state index in [1.54, 1.807) is 6.92 Å². The fraction of sp³-hybridized carbons (Fsp3) is 0.333. The Morgan fingerprint density at radius 2 is 2.07 bits per heavy atom. The van der Waals surface area contributed by atoms with Gasteiger partial charge in [0.1, 0.15) is 5.82 Å². The number of halogens is 4. The van der Waals surface area contributed by atoms with Crippen LogP contribution in [-0.2, 0) is 0 Å². The van der Waals surface area contributed by atoms with E-state index in [-0.39, 0.29) is 0 Å². The van der Waals surface area contributed by atoms with Gasteiger partial charge in [0.15, 0.2) is 0 Å². The molecule has 0 aromatic heterocycles. The number of benzene rings is 1. The van der Waals surface area contributed by atoms with Gasteiger partial charge >= 0.3 is 6.18 Å². The molecule has 0 fully saturated rings. The zero-order chi connectivity index (χ0) is 10.8. The van der Waals surface area contributed by atoms with Crippen molar-refractivity contribution in [3.05, 3.63) is 29.6 Å². The summed E-state index contributed by atoms with van der Waals surface area (Å²) in [5, 5.41) is 0. The van der Waals surface area contributed by atoms with Gasteiger partial charge in [-0.15, -0.1) is 11.8 Å². The summed E-state index contributed by atoms with van der Waals surface area (Å²) in [6, 6.07) is 4.62. The number of thioether (sulfide) groups is 1. The monoisotopic (exact) mass is 223 g/mol. The van der Waals surface area contributed by atoms with Gasteiger partial charge < -0.3 is 0 Å². The van der Waals surface area contributed by atoms with Crippen LogP contribution in [0.3, 0.4) is 0 Å². The first-order valence-electron chi connectivity index (χ1n) is 3.76. The second kappa shape index (κ2) is 4.21. The molecule has 0 bridgehead atoms. The first-order valence-corrected chi connectivity index (χ1v) is 4.74. The van der Waals surface area contributed by atoms with E-state index >= 15 is 0 Å². The minimum absolute atomic E-state index is 0.406. The summed E-state index contributed by atoms with van der Waals surface area (Å²) in [7, 11) is 0. The lowest BCUT2D eigenvalue weighted by atomic mass is 10.2. The molecule has 0 aliphatic heterocycles. The van der Waals surface area contributed by atoms with Crippen molar-refractivity contribution < 1.29 is 17.6 Å². The summed E-state index contributed by atoms with van der Waals surface area (Å²) in [5.74, 6) is -1.52. The van der Waals surface area contributed by atoms with E-state index in [9.17, 15) is 17.6 Å². The van der Waals surface area contributed by atoms with Gasteiger partial charge in [0.25, 0.3) is 0 Å². The Balaban J connectivity index is 2.68. The Morgan fingerprint density at radius 1 is 1.43 bits per heavy atom. The SMILES string of the molecule is Cc1cc(F)[c]cc1SCC(F)(F)F. The van der Waals surface area contributed by atoms with Gasteiger partial charge in [-0.25, -0.2) is 4.39 Å². The number of alkyl halides is 3. The van der Waals surface area contributed by atoms with Crippen molar-refractivity contribution in [2.24, 2.45) is 0 Å². The fourth-order valence-electron chi connectivity index (χ4n) is 0.866. The van der Waals surface area contributed by atoms with Gasteiger partial charge in [-0.3, -0.25) is 0 Å². The molecule has 0 unspecified atom stereocenters. The van der Waals surface area contributed by atoms with E-state index in [1.165, 1.54) is 12.1 Å². The van der Waals surface area contributed by atoms with Crippen LogP contribution in [0, 0.1) is 18.8 Å². The van der Waals surface area contributed by atoms with Crippen molar-refractivity contribution >= 4 is 11.8 Å². The molecule has 1 radical (unpaired) electrons. The van der Waals surface area contributed by atoms with Crippen molar-refractivity contribution in [1.82, 2.24) is 0 Å². The van der Waals surface area contributed by atoms with Crippen LogP contribution < -0.4 is 0 Å². The minimum atomic E-state index is -4.20. The van der Waals surface area contributed by atoms with Gasteiger partial charge in [0, 0.05) is 11.0 Å². The van der Waals surface area contributed by atoms with Gasteiger partial charge in [-0.2, -0.15) is 13.2 Å². The van der Waals surface area contributed by atoms with Crippen molar-refractivity contribution in [3.63, 3.8) is 0 Å². The van der Waals surface area contributed by atoms with Crippen molar-refractivity contribution in [2.75, 3.05) is 5.75 Å². The summed E-state index contributed by atoms with van der Waals surface area (Å²) in [4.78, 5) is 0.406. The molecule has 14 heavy (non-hydrogen) atoms. The predicted octanol–water partition coefficient (Wildman–Crippen LogP) is 3.59. The van der Waals surface area contributed by atoms with Crippen LogP contribution in [0.2, 0.25) is 0 Å². The Kier molecular flexibility index (Phi) is 3.42. The molecule has 1 aromatic rings. The second-order valence-corrected chi connectivity index (χ2v) is 3.75. The molecule has 0 saturated carbocycles. The van der Waals surface area contributed by atoms with Crippen LogP contribution in [0.5, 0.6) is 0 Å². The highest BCUT2D eigenvalue weighted by molar-refractivity contribution is 7.99.